The summed E-state index contributed by atoms with van der Waals surface area (Å²) < 4.78 is 5.39. The maximum Gasteiger partial charge on any atom is 0.228 e. The molecule has 1 amide bonds. The van der Waals surface area contributed by atoms with Crippen LogP contribution in [-0.2, 0) is 4.79 Å². The van der Waals surface area contributed by atoms with Crippen LogP contribution >= 0.6 is 0 Å². The highest BCUT2D eigenvalue weighted by molar-refractivity contribution is 5.94. The molecule has 3 nitrogen and oxygen atoms in total. The standard InChI is InChI=1S/C16H21NO2/c1-2-19-12-9-7-11(8-10-12)17-16(18)15-13-5-3-4-6-14(13)15/h7-10,13-15H,2-6H2,1H3,(H,17,18)/t13-,14-/m0/s1. The summed E-state index contributed by atoms with van der Waals surface area (Å²) in [6, 6.07) is 7.63. The van der Waals surface area contributed by atoms with Crippen molar-refractivity contribution in [3.63, 3.8) is 0 Å². The lowest BCUT2D eigenvalue weighted by Crippen LogP contribution is -2.15. The Morgan fingerprint density at radius 1 is 1.21 bits per heavy atom. The minimum Gasteiger partial charge on any atom is -0.494 e. The van der Waals surface area contributed by atoms with E-state index in [9.17, 15) is 4.79 Å². The number of hydrogen-bond donors (Lipinski definition) is 1. The van der Waals surface area contributed by atoms with E-state index in [4.69, 9.17) is 4.74 Å². The Balaban J connectivity index is 1.57. The first kappa shape index (κ1) is 12.5. The highest BCUT2D eigenvalue weighted by Gasteiger charge is 2.54. The number of carbonyl (C=O) groups excluding carboxylic acids is 1. The molecule has 0 spiro atoms. The quantitative estimate of drug-likeness (QED) is 0.899. The normalized spacial score (nSPS) is 28.4. The summed E-state index contributed by atoms with van der Waals surface area (Å²) in [6.07, 6.45) is 5.08. The van der Waals surface area contributed by atoms with Crippen molar-refractivity contribution in [2.24, 2.45) is 17.8 Å². The fraction of sp³-hybridized carbons (Fsp3) is 0.562. The largest absolute Gasteiger partial charge is 0.494 e. The molecule has 0 bridgehead atoms. The van der Waals surface area contributed by atoms with Crippen molar-refractivity contribution < 1.29 is 9.53 Å². The molecule has 2 atom stereocenters. The van der Waals surface area contributed by atoms with Crippen LogP contribution in [0.5, 0.6) is 5.75 Å². The molecule has 1 aromatic carbocycles. The number of anilines is 1. The van der Waals surface area contributed by atoms with E-state index in [1.54, 1.807) is 0 Å². The summed E-state index contributed by atoms with van der Waals surface area (Å²) in [5.41, 5.74) is 0.872. The summed E-state index contributed by atoms with van der Waals surface area (Å²) in [4.78, 5) is 12.2. The van der Waals surface area contributed by atoms with Crippen molar-refractivity contribution in [3.05, 3.63) is 24.3 Å². The fourth-order valence-electron chi connectivity index (χ4n) is 3.41. The van der Waals surface area contributed by atoms with Crippen molar-refractivity contribution in [1.29, 1.82) is 0 Å². The van der Waals surface area contributed by atoms with E-state index < -0.39 is 0 Å². The van der Waals surface area contributed by atoms with Gasteiger partial charge in [0.15, 0.2) is 0 Å². The first-order chi connectivity index (χ1) is 9.29. The third-order valence-electron chi connectivity index (χ3n) is 4.39. The van der Waals surface area contributed by atoms with Crippen LogP contribution in [0.4, 0.5) is 5.69 Å². The number of rotatable bonds is 4. The Morgan fingerprint density at radius 3 is 2.42 bits per heavy atom. The van der Waals surface area contributed by atoms with E-state index in [2.05, 4.69) is 5.32 Å². The zero-order chi connectivity index (χ0) is 13.2. The van der Waals surface area contributed by atoms with E-state index in [0.717, 1.165) is 11.4 Å². The van der Waals surface area contributed by atoms with Gasteiger partial charge in [-0.15, -0.1) is 0 Å². The number of nitrogens with one attached hydrogen (secondary N) is 1. The number of carbonyl (C=O) groups is 1. The van der Waals surface area contributed by atoms with Gasteiger partial charge in [0.25, 0.3) is 0 Å². The maximum atomic E-state index is 12.2. The van der Waals surface area contributed by atoms with Gasteiger partial charge < -0.3 is 10.1 Å². The van der Waals surface area contributed by atoms with Gasteiger partial charge in [-0.05, 0) is 55.9 Å². The molecule has 0 aromatic heterocycles. The van der Waals surface area contributed by atoms with E-state index >= 15 is 0 Å². The second-order valence-corrected chi connectivity index (χ2v) is 5.58. The zero-order valence-corrected chi connectivity index (χ0v) is 11.4. The summed E-state index contributed by atoms with van der Waals surface area (Å²) >= 11 is 0. The number of benzene rings is 1. The van der Waals surface area contributed by atoms with Crippen LogP contribution < -0.4 is 10.1 Å². The van der Waals surface area contributed by atoms with Crippen LogP contribution in [0.1, 0.15) is 32.6 Å². The highest BCUT2D eigenvalue weighted by Crippen LogP contribution is 2.55. The SMILES string of the molecule is CCOc1ccc(NC(=O)C2[C@H]3CCCC[C@H]23)cc1. The Bertz CT molecular complexity index is 442. The molecule has 0 radical (unpaired) electrons. The third-order valence-corrected chi connectivity index (χ3v) is 4.39. The van der Waals surface area contributed by atoms with Gasteiger partial charge in [0.2, 0.25) is 5.91 Å². The topological polar surface area (TPSA) is 38.3 Å². The second kappa shape index (κ2) is 5.24. The van der Waals surface area contributed by atoms with Gasteiger partial charge in [0.1, 0.15) is 5.75 Å². The molecule has 0 saturated heterocycles. The van der Waals surface area contributed by atoms with Crippen molar-refractivity contribution in [3.8, 4) is 5.75 Å². The Morgan fingerprint density at radius 2 is 1.84 bits per heavy atom. The van der Waals surface area contributed by atoms with Crippen molar-refractivity contribution in [2.75, 3.05) is 11.9 Å². The lowest BCUT2D eigenvalue weighted by Gasteiger charge is -2.07. The lowest BCUT2D eigenvalue weighted by atomic mass is 10.0. The summed E-state index contributed by atoms with van der Waals surface area (Å²) in [7, 11) is 0. The summed E-state index contributed by atoms with van der Waals surface area (Å²) in [6.45, 7) is 2.63. The van der Waals surface area contributed by atoms with Gasteiger partial charge in [0, 0.05) is 11.6 Å². The fourth-order valence-corrected chi connectivity index (χ4v) is 3.41. The van der Waals surface area contributed by atoms with Crippen molar-refractivity contribution in [2.45, 2.75) is 32.6 Å². The molecule has 2 aliphatic carbocycles. The minimum absolute atomic E-state index is 0.209. The summed E-state index contributed by atoms with van der Waals surface area (Å²) in [5.74, 6) is 2.66. The molecular formula is C16H21NO2. The van der Waals surface area contributed by atoms with Gasteiger partial charge in [-0.25, -0.2) is 0 Å². The highest BCUT2D eigenvalue weighted by atomic mass is 16.5. The van der Waals surface area contributed by atoms with Crippen LogP contribution in [0, 0.1) is 17.8 Å². The van der Waals surface area contributed by atoms with Crippen LogP contribution in [0.3, 0.4) is 0 Å². The first-order valence-corrected chi connectivity index (χ1v) is 7.33. The molecule has 1 N–H and O–H groups in total. The van der Waals surface area contributed by atoms with E-state index in [1.165, 1.54) is 25.7 Å². The van der Waals surface area contributed by atoms with Crippen LogP contribution in [0.15, 0.2) is 24.3 Å². The maximum absolute atomic E-state index is 12.2. The number of amides is 1. The Kier molecular flexibility index (Phi) is 3.45. The van der Waals surface area contributed by atoms with Crippen LogP contribution in [0.25, 0.3) is 0 Å². The third kappa shape index (κ3) is 2.60. The Hall–Kier alpha value is -1.51. The predicted molar refractivity (Wildman–Crippen MR) is 75.2 cm³/mol. The van der Waals surface area contributed by atoms with Crippen LogP contribution in [0.2, 0.25) is 0 Å². The van der Waals surface area contributed by atoms with Gasteiger partial charge in [-0.2, -0.15) is 0 Å². The van der Waals surface area contributed by atoms with Crippen molar-refractivity contribution >= 4 is 11.6 Å². The molecule has 2 saturated carbocycles. The monoisotopic (exact) mass is 259 g/mol. The molecule has 2 fully saturated rings. The average molecular weight is 259 g/mol. The molecule has 1 aromatic rings. The van der Waals surface area contributed by atoms with Gasteiger partial charge in [-0.3, -0.25) is 4.79 Å². The first-order valence-electron chi connectivity index (χ1n) is 7.33. The van der Waals surface area contributed by atoms with E-state index in [0.29, 0.717) is 18.4 Å². The molecule has 0 heterocycles. The van der Waals surface area contributed by atoms with Crippen molar-refractivity contribution in [1.82, 2.24) is 0 Å². The Labute approximate surface area is 114 Å². The molecular weight excluding hydrogens is 238 g/mol. The molecule has 0 aliphatic heterocycles. The number of hydrogen-bond acceptors (Lipinski definition) is 2. The molecule has 2 aliphatic rings. The second-order valence-electron chi connectivity index (χ2n) is 5.58. The number of ether oxygens (including phenoxy) is 1. The molecule has 3 heteroatoms. The van der Waals surface area contributed by atoms with E-state index in [-0.39, 0.29) is 11.8 Å². The lowest BCUT2D eigenvalue weighted by molar-refractivity contribution is -0.117. The molecule has 19 heavy (non-hydrogen) atoms. The average Bonchev–Trinajstić information content (AvgIpc) is 3.15. The van der Waals surface area contributed by atoms with Gasteiger partial charge in [-0.1, -0.05) is 12.8 Å². The molecule has 3 rings (SSSR count). The summed E-state index contributed by atoms with van der Waals surface area (Å²) in [5, 5.41) is 3.04. The van der Waals surface area contributed by atoms with Gasteiger partial charge in [0.05, 0.1) is 6.61 Å². The minimum atomic E-state index is 0.209. The number of fused-ring (bicyclic) bond motifs is 1. The van der Waals surface area contributed by atoms with Crippen LogP contribution in [-0.4, -0.2) is 12.5 Å². The molecule has 0 unspecified atom stereocenters. The molecule has 102 valence electrons. The van der Waals surface area contributed by atoms with Gasteiger partial charge >= 0.3 is 0 Å². The van der Waals surface area contributed by atoms with E-state index in [1.807, 2.05) is 31.2 Å². The predicted octanol–water partition coefficient (Wildman–Crippen LogP) is 3.46. The smallest absolute Gasteiger partial charge is 0.228 e. The zero-order valence-electron chi connectivity index (χ0n) is 11.4.